The normalized spacial score (nSPS) is 10.2. The zero-order chi connectivity index (χ0) is 14.4. The number of rotatable bonds is 3. The standard InChI is InChI=1S/C13H14N2O4/c1-8-3-4-9(2)10(7-8)14-13(19)15-11(16)5-6-12(17)18/h3-7H,1-2H3,(H,17,18)(H2,14,15,16,19)/b6-5+. The van der Waals surface area contributed by atoms with Crippen molar-refractivity contribution in [1.82, 2.24) is 5.32 Å². The second kappa shape index (κ2) is 6.34. The molecule has 0 aliphatic rings. The van der Waals surface area contributed by atoms with Gasteiger partial charge >= 0.3 is 12.0 Å². The molecule has 0 unspecified atom stereocenters. The van der Waals surface area contributed by atoms with Crippen molar-refractivity contribution >= 4 is 23.6 Å². The van der Waals surface area contributed by atoms with Crippen LogP contribution in [0.1, 0.15) is 11.1 Å². The molecule has 0 bridgehead atoms. The highest BCUT2D eigenvalue weighted by molar-refractivity contribution is 6.06. The third-order valence-electron chi connectivity index (χ3n) is 2.26. The maximum Gasteiger partial charge on any atom is 0.328 e. The van der Waals surface area contributed by atoms with Crippen molar-refractivity contribution in [1.29, 1.82) is 0 Å². The molecule has 3 amide bonds. The summed E-state index contributed by atoms with van der Waals surface area (Å²) in [6.45, 7) is 3.70. The van der Waals surface area contributed by atoms with E-state index in [9.17, 15) is 14.4 Å². The second-order valence-electron chi connectivity index (χ2n) is 3.93. The number of imide groups is 1. The minimum Gasteiger partial charge on any atom is -0.478 e. The zero-order valence-electron chi connectivity index (χ0n) is 10.6. The lowest BCUT2D eigenvalue weighted by Crippen LogP contribution is -2.33. The first-order valence-corrected chi connectivity index (χ1v) is 5.48. The number of urea groups is 1. The molecule has 0 saturated heterocycles. The van der Waals surface area contributed by atoms with E-state index < -0.39 is 17.9 Å². The summed E-state index contributed by atoms with van der Waals surface area (Å²) in [5.41, 5.74) is 2.42. The first kappa shape index (κ1) is 14.4. The number of amides is 3. The molecule has 1 aromatic rings. The van der Waals surface area contributed by atoms with Gasteiger partial charge in [-0.15, -0.1) is 0 Å². The maximum atomic E-state index is 11.5. The van der Waals surface area contributed by atoms with Crippen LogP contribution in [0.3, 0.4) is 0 Å². The summed E-state index contributed by atoms with van der Waals surface area (Å²) >= 11 is 0. The summed E-state index contributed by atoms with van der Waals surface area (Å²) in [5, 5.41) is 12.8. The number of anilines is 1. The molecule has 100 valence electrons. The lowest BCUT2D eigenvalue weighted by Gasteiger charge is -2.09. The molecule has 0 heterocycles. The van der Waals surface area contributed by atoms with E-state index >= 15 is 0 Å². The number of carboxylic acids is 1. The Hall–Kier alpha value is -2.63. The summed E-state index contributed by atoms with van der Waals surface area (Å²) in [6.07, 6.45) is 1.42. The zero-order valence-corrected chi connectivity index (χ0v) is 10.6. The third-order valence-corrected chi connectivity index (χ3v) is 2.26. The van der Waals surface area contributed by atoms with Gasteiger partial charge in [-0.25, -0.2) is 9.59 Å². The van der Waals surface area contributed by atoms with E-state index in [1.54, 1.807) is 6.07 Å². The van der Waals surface area contributed by atoms with E-state index in [2.05, 4.69) is 5.32 Å². The Balaban J connectivity index is 2.63. The van der Waals surface area contributed by atoms with Gasteiger partial charge in [0.25, 0.3) is 5.91 Å². The highest BCUT2D eigenvalue weighted by Crippen LogP contribution is 2.15. The van der Waals surface area contributed by atoms with E-state index in [0.29, 0.717) is 11.8 Å². The molecule has 19 heavy (non-hydrogen) atoms. The molecule has 0 aromatic heterocycles. The summed E-state index contributed by atoms with van der Waals surface area (Å²) in [4.78, 5) is 32.9. The lowest BCUT2D eigenvalue weighted by molar-refractivity contribution is -0.131. The Labute approximate surface area is 110 Å². The number of carboxylic acid groups (broad SMARTS) is 1. The molecule has 1 aromatic carbocycles. The number of hydrogen-bond donors (Lipinski definition) is 3. The quantitative estimate of drug-likeness (QED) is 0.721. The van der Waals surface area contributed by atoms with E-state index in [0.717, 1.165) is 17.2 Å². The van der Waals surface area contributed by atoms with Gasteiger partial charge in [-0.2, -0.15) is 0 Å². The average molecular weight is 262 g/mol. The van der Waals surface area contributed by atoms with Crippen molar-refractivity contribution in [2.45, 2.75) is 13.8 Å². The molecule has 1 rings (SSSR count). The third kappa shape index (κ3) is 5.03. The molecule has 0 aliphatic carbocycles. The van der Waals surface area contributed by atoms with Gasteiger partial charge in [0.15, 0.2) is 0 Å². The summed E-state index contributed by atoms with van der Waals surface area (Å²) in [5.74, 6) is -2.06. The molecule has 6 heteroatoms. The van der Waals surface area contributed by atoms with E-state index in [1.165, 1.54) is 0 Å². The van der Waals surface area contributed by atoms with Crippen LogP contribution < -0.4 is 10.6 Å². The predicted octanol–water partition coefficient (Wildman–Crippen LogP) is 1.59. The Morgan fingerprint density at radius 2 is 1.84 bits per heavy atom. The Morgan fingerprint density at radius 1 is 1.16 bits per heavy atom. The van der Waals surface area contributed by atoms with Crippen LogP contribution in [0.4, 0.5) is 10.5 Å². The monoisotopic (exact) mass is 262 g/mol. The van der Waals surface area contributed by atoms with Crippen molar-refractivity contribution in [3.05, 3.63) is 41.5 Å². The van der Waals surface area contributed by atoms with Gasteiger partial charge in [0.2, 0.25) is 0 Å². The van der Waals surface area contributed by atoms with E-state index in [-0.39, 0.29) is 0 Å². The highest BCUT2D eigenvalue weighted by Gasteiger charge is 2.07. The van der Waals surface area contributed by atoms with E-state index in [4.69, 9.17) is 5.11 Å². The van der Waals surface area contributed by atoms with Crippen LogP contribution in [0.25, 0.3) is 0 Å². The fraction of sp³-hybridized carbons (Fsp3) is 0.154. The van der Waals surface area contributed by atoms with E-state index in [1.807, 2.05) is 31.3 Å². The number of nitrogens with one attached hydrogen (secondary N) is 2. The fourth-order valence-electron chi connectivity index (χ4n) is 1.32. The number of aliphatic carboxylic acids is 1. The minimum atomic E-state index is -1.26. The summed E-state index contributed by atoms with van der Waals surface area (Å²) < 4.78 is 0. The molecule has 0 saturated carbocycles. The average Bonchev–Trinajstić information content (AvgIpc) is 2.31. The van der Waals surface area contributed by atoms with Crippen molar-refractivity contribution in [3.63, 3.8) is 0 Å². The summed E-state index contributed by atoms with van der Waals surface area (Å²) in [6, 6.07) is 4.80. The number of carbonyl (C=O) groups is 3. The number of benzene rings is 1. The van der Waals surface area contributed by atoms with Crippen molar-refractivity contribution in [2.75, 3.05) is 5.32 Å². The van der Waals surface area contributed by atoms with Crippen LogP contribution in [0.5, 0.6) is 0 Å². The molecule has 0 fully saturated rings. The van der Waals surface area contributed by atoms with Crippen LogP contribution in [0.15, 0.2) is 30.4 Å². The van der Waals surface area contributed by atoms with Crippen molar-refractivity contribution < 1.29 is 19.5 Å². The smallest absolute Gasteiger partial charge is 0.328 e. The Morgan fingerprint density at radius 3 is 2.47 bits per heavy atom. The molecule has 0 atom stereocenters. The van der Waals surface area contributed by atoms with Gasteiger partial charge in [-0.05, 0) is 31.0 Å². The number of aryl methyl sites for hydroxylation is 2. The fourth-order valence-corrected chi connectivity index (χ4v) is 1.32. The summed E-state index contributed by atoms with van der Waals surface area (Å²) in [7, 11) is 0. The van der Waals surface area contributed by atoms with Crippen molar-refractivity contribution in [3.8, 4) is 0 Å². The van der Waals surface area contributed by atoms with Crippen LogP contribution in [-0.2, 0) is 9.59 Å². The Bertz CT molecular complexity index is 550. The largest absolute Gasteiger partial charge is 0.478 e. The highest BCUT2D eigenvalue weighted by atomic mass is 16.4. The van der Waals surface area contributed by atoms with Crippen LogP contribution >= 0.6 is 0 Å². The SMILES string of the molecule is Cc1ccc(C)c(NC(=O)NC(=O)/C=C/C(=O)O)c1. The second-order valence-corrected chi connectivity index (χ2v) is 3.93. The molecule has 3 N–H and O–H groups in total. The predicted molar refractivity (Wildman–Crippen MR) is 69.9 cm³/mol. The number of hydrogen-bond acceptors (Lipinski definition) is 3. The molecule has 0 aliphatic heterocycles. The van der Waals surface area contributed by atoms with Gasteiger partial charge in [0.1, 0.15) is 0 Å². The van der Waals surface area contributed by atoms with Gasteiger partial charge in [-0.3, -0.25) is 10.1 Å². The maximum absolute atomic E-state index is 11.5. The lowest BCUT2D eigenvalue weighted by atomic mass is 10.1. The van der Waals surface area contributed by atoms with Crippen LogP contribution in [-0.4, -0.2) is 23.0 Å². The minimum absolute atomic E-state index is 0.590. The first-order valence-electron chi connectivity index (χ1n) is 5.48. The van der Waals surface area contributed by atoms with Crippen LogP contribution in [0, 0.1) is 13.8 Å². The Kier molecular flexibility index (Phi) is 4.82. The number of carbonyl (C=O) groups excluding carboxylic acids is 2. The first-order chi connectivity index (χ1) is 8.88. The van der Waals surface area contributed by atoms with Crippen LogP contribution in [0.2, 0.25) is 0 Å². The van der Waals surface area contributed by atoms with Gasteiger partial charge in [0.05, 0.1) is 0 Å². The van der Waals surface area contributed by atoms with Gasteiger partial charge < -0.3 is 10.4 Å². The molecule has 0 spiro atoms. The molecule has 0 radical (unpaired) electrons. The molecule has 6 nitrogen and oxygen atoms in total. The molecular weight excluding hydrogens is 248 g/mol. The molecular formula is C13H14N2O4. The van der Waals surface area contributed by atoms with Gasteiger partial charge in [0, 0.05) is 17.8 Å². The van der Waals surface area contributed by atoms with Gasteiger partial charge in [-0.1, -0.05) is 12.1 Å². The van der Waals surface area contributed by atoms with Crippen molar-refractivity contribution in [2.24, 2.45) is 0 Å². The topological polar surface area (TPSA) is 95.5 Å².